The van der Waals surface area contributed by atoms with Gasteiger partial charge in [0.15, 0.2) is 0 Å². The minimum atomic E-state index is -3.87. The van der Waals surface area contributed by atoms with Crippen molar-refractivity contribution >= 4 is 38.5 Å². The van der Waals surface area contributed by atoms with E-state index in [1.807, 2.05) is 18.2 Å². The Morgan fingerprint density at radius 1 is 0.912 bits per heavy atom. The number of sulfonamides is 1. The number of amides is 1. The number of fused-ring (bicyclic) bond motifs is 1. The maximum Gasteiger partial charge on any atom is 0.323 e. The molecule has 1 aliphatic rings. The average Bonchev–Trinajstić information content (AvgIpc) is 3.24. The Labute approximate surface area is 195 Å². The van der Waals surface area contributed by atoms with Gasteiger partial charge in [0.25, 0.3) is 15.9 Å². The smallest absolute Gasteiger partial charge is 0.323 e. The van der Waals surface area contributed by atoms with E-state index in [0.29, 0.717) is 48.5 Å². The number of carbonyl (C=O) groups excluding carboxylic acids is 1. The lowest BCUT2D eigenvalue weighted by atomic mass is 10.1. The number of anilines is 2. The molecule has 0 saturated carbocycles. The summed E-state index contributed by atoms with van der Waals surface area (Å²) in [5.41, 5.74) is 1.33. The Bertz CT molecular complexity index is 1490. The van der Waals surface area contributed by atoms with Gasteiger partial charge in [0.2, 0.25) is 0 Å². The molecule has 2 aromatic carbocycles. The number of aromatic nitrogens is 3. The maximum absolute atomic E-state index is 12.9. The normalized spacial score (nSPS) is 14.4. The van der Waals surface area contributed by atoms with Crippen LogP contribution in [0.2, 0.25) is 0 Å². The van der Waals surface area contributed by atoms with Crippen LogP contribution >= 0.6 is 0 Å². The Morgan fingerprint density at radius 3 is 2.35 bits per heavy atom. The predicted octanol–water partition coefficient (Wildman–Crippen LogP) is 2.01. The van der Waals surface area contributed by atoms with Gasteiger partial charge in [-0.3, -0.25) is 9.52 Å². The first kappa shape index (κ1) is 21.7. The van der Waals surface area contributed by atoms with Gasteiger partial charge in [0.1, 0.15) is 5.82 Å². The van der Waals surface area contributed by atoms with Gasteiger partial charge < -0.3 is 19.8 Å². The zero-order valence-corrected chi connectivity index (χ0v) is 18.9. The Hall–Kier alpha value is -4.12. The lowest BCUT2D eigenvalue weighted by molar-refractivity contribution is 0.0746. The second-order valence-electron chi connectivity index (χ2n) is 7.94. The number of aromatic amines is 2. The van der Waals surface area contributed by atoms with Gasteiger partial charge >= 0.3 is 5.69 Å². The first-order valence-corrected chi connectivity index (χ1v) is 12.2. The molecule has 0 spiro atoms. The summed E-state index contributed by atoms with van der Waals surface area (Å²) in [7, 11) is -3.87. The van der Waals surface area contributed by atoms with E-state index in [9.17, 15) is 18.0 Å². The number of carbonyl (C=O) groups is 1. The van der Waals surface area contributed by atoms with E-state index < -0.39 is 15.7 Å². The van der Waals surface area contributed by atoms with Crippen molar-refractivity contribution in [2.45, 2.75) is 4.90 Å². The van der Waals surface area contributed by atoms with Crippen LogP contribution in [0.1, 0.15) is 10.4 Å². The third-order valence-electron chi connectivity index (χ3n) is 5.72. The van der Waals surface area contributed by atoms with Crippen molar-refractivity contribution in [2.24, 2.45) is 0 Å². The molecule has 0 bridgehead atoms. The molecule has 3 N–H and O–H groups in total. The quantitative estimate of drug-likeness (QED) is 0.402. The average molecular weight is 479 g/mol. The van der Waals surface area contributed by atoms with Crippen molar-refractivity contribution in [2.75, 3.05) is 35.8 Å². The zero-order valence-electron chi connectivity index (χ0n) is 18.1. The molecule has 1 amide bonds. The summed E-state index contributed by atoms with van der Waals surface area (Å²) in [6.45, 7) is 2.54. The maximum atomic E-state index is 12.9. The van der Waals surface area contributed by atoms with Crippen LogP contribution in [0.5, 0.6) is 0 Å². The van der Waals surface area contributed by atoms with Crippen LogP contribution in [-0.2, 0) is 10.0 Å². The number of rotatable bonds is 5. The second-order valence-corrected chi connectivity index (χ2v) is 9.62. The Morgan fingerprint density at radius 2 is 1.65 bits per heavy atom. The molecular weight excluding hydrogens is 456 g/mol. The number of imidazole rings is 1. The van der Waals surface area contributed by atoms with Crippen LogP contribution in [0.15, 0.2) is 76.6 Å². The molecule has 1 saturated heterocycles. The highest BCUT2D eigenvalue weighted by Crippen LogP contribution is 2.20. The van der Waals surface area contributed by atoms with Crippen molar-refractivity contribution in [3.63, 3.8) is 0 Å². The summed E-state index contributed by atoms with van der Waals surface area (Å²) in [6.07, 6.45) is 1.75. The first-order valence-electron chi connectivity index (χ1n) is 10.7. The van der Waals surface area contributed by atoms with Crippen LogP contribution in [-0.4, -0.2) is 60.4 Å². The van der Waals surface area contributed by atoms with E-state index in [0.717, 1.165) is 5.82 Å². The number of H-pyrrole nitrogens is 2. The van der Waals surface area contributed by atoms with Crippen LogP contribution < -0.4 is 15.3 Å². The van der Waals surface area contributed by atoms with E-state index in [2.05, 4.69) is 24.6 Å². The van der Waals surface area contributed by atoms with Gasteiger partial charge in [-0.1, -0.05) is 6.07 Å². The number of nitrogens with zero attached hydrogens (tertiary/aromatic N) is 3. The number of pyridine rings is 1. The summed E-state index contributed by atoms with van der Waals surface area (Å²) in [5.74, 6) is 0.796. The number of hydrogen-bond acceptors (Lipinski definition) is 6. The summed E-state index contributed by atoms with van der Waals surface area (Å²) in [6, 6.07) is 16.4. The fourth-order valence-corrected chi connectivity index (χ4v) is 5.02. The molecule has 5 rings (SSSR count). The molecule has 0 atom stereocenters. The SMILES string of the molecule is O=C(c1ccc(NS(=O)(=O)c2ccc3[nH]c(=O)[nH]c3c2)cc1)N1CCN(c2ccccn2)CC1. The molecular formula is C23H22N6O4S. The molecule has 4 aromatic rings. The molecule has 1 aliphatic heterocycles. The largest absolute Gasteiger partial charge is 0.353 e. The minimum absolute atomic E-state index is 0.0150. The second kappa shape index (κ2) is 8.67. The molecule has 2 aromatic heterocycles. The predicted molar refractivity (Wildman–Crippen MR) is 129 cm³/mol. The van der Waals surface area contributed by atoms with E-state index in [-0.39, 0.29) is 10.8 Å². The van der Waals surface area contributed by atoms with Crippen molar-refractivity contribution in [1.82, 2.24) is 19.9 Å². The summed E-state index contributed by atoms with van der Waals surface area (Å²) in [5, 5.41) is 0. The molecule has 1 fully saturated rings. The van der Waals surface area contributed by atoms with E-state index in [1.54, 1.807) is 35.4 Å². The summed E-state index contributed by atoms with van der Waals surface area (Å²) >= 11 is 0. The topological polar surface area (TPSA) is 131 Å². The highest BCUT2D eigenvalue weighted by atomic mass is 32.2. The minimum Gasteiger partial charge on any atom is -0.353 e. The zero-order chi connectivity index (χ0) is 23.7. The molecule has 11 heteroatoms. The van der Waals surface area contributed by atoms with Gasteiger partial charge in [-0.25, -0.2) is 18.2 Å². The van der Waals surface area contributed by atoms with Crippen molar-refractivity contribution in [3.8, 4) is 0 Å². The van der Waals surface area contributed by atoms with Gasteiger partial charge in [0, 0.05) is 43.6 Å². The van der Waals surface area contributed by atoms with Crippen LogP contribution in [0.4, 0.5) is 11.5 Å². The number of benzene rings is 2. The van der Waals surface area contributed by atoms with Gasteiger partial charge in [-0.2, -0.15) is 0 Å². The van der Waals surface area contributed by atoms with Gasteiger partial charge in [-0.05, 0) is 54.6 Å². The molecule has 0 radical (unpaired) electrons. The van der Waals surface area contributed by atoms with E-state index >= 15 is 0 Å². The fraction of sp³-hybridized carbons (Fsp3) is 0.174. The molecule has 0 unspecified atom stereocenters. The lowest BCUT2D eigenvalue weighted by Crippen LogP contribution is -2.49. The molecule has 0 aliphatic carbocycles. The van der Waals surface area contributed by atoms with Crippen LogP contribution in [0.25, 0.3) is 11.0 Å². The number of nitrogens with one attached hydrogen (secondary N) is 3. The molecule has 174 valence electrons. The highest BCUT2D eigenvalue weighted by Gasteiger charge is 2.23. The standard InChI is InChI=1S/C23H22N6O4S/c30-22(29-13-11-28(12-14-29)21-3-1-2-10-24-21)16-4-6-17(7-5-16)27-34(32,33)18-8-9-19-20(15-18)26-23(31)25-19/h1-10,15,27H,11-14H2,(H2,25,26,31). The molecule has 34 heavy (non-hydrogen) atoms. The molecule has 10 nitrogen and oxygen atoms in total. The summed E-state index contributed by atoms with van der Waals surface area (Å²) in [4.78, 5) is 37.7. The first-order chi connectivity index (χ1) is 16.4. The van der Waals surface area contributed by atoms with Crippen molar-refractivity contribution < 1.29 is 13.2 Å². The monoisotopic (exact) mass is 478 g/mol. The van der Waals surface area contributed by atoms with Crippen LogP contribution in [0, 0.1) is 0 Å². The number of hydrogen-bond donors (Lipinski definition) is 3. The van der Waals surface area contributed by atoms with Gasteiger partial charge in [0.05, 0.1) is 15.9 Å². The van der Waals surface area contributed by atoms with Crippen molar-refractivity contribution in [3.05, 3.63) is 82.9 Å². The fourth-order valence-electron chi connectivity index (χ4n) is 3.94. The van der Waals surface area contributed by atoms with Gasteiger partial charge in [-0.15, -0.1) is 0 Å². The number of piperazine rings is 1. The van der Waals surface area contributed by atoms with Crippen molar-refractivity contribution in [1.29, 1.82) is 0 Å². The Kier molecular flexibility index (Phi) is 5.54. The summed E-state index contributed by atoms with van der Waals surface area (Å²) < 4.78 is 28.0. The molecule has 3 heterocycles. The van der Waals surface area contributed by atoms with Crippen LogP contribution in [0.3, 0.4) is 0 Å². The third-order valence-corrected chi connectivity index (χ3v) is 7.10. The van der Waals surface area contributed by atoms with E-state index in [4.69, 9.17) is 0 Å². The highest BCUT2D eigenvalue weighted by molar-refractivity contribution is 7.92. The lowest BCUT2D eigenvalue weighted by Gasteiger charge is -2.35. The Balaban J connectivity index is 1.24. The van der Waals surface area contributed by atoms with E-state index in [1.165, 1.54) is 18.2 Å². The third kappa shape index (κ3) is 4.37.